The van der Waals surface area contributed by atoms with Crippen LogP contribution in [0, 0.1) is 6.92 Å². The molecule has 3 rings (SSSR count). The molecule has 2 heterocycles. The minimum Gasteiger partial charge on any atom is -0.326 e. The normalized spacial score (nSPS) is 10.7. The molecular formula is C15H14N4S. The second-order valence-electron chi connectivity index (χ2n) is 4.43. The van der Waals surface area contributed by atoms with E-state index in [2.05, 4.69) is 15.0 Å². The van der Waals surface area contributed by atoms with Gasteiger partial charge in [0.05, 0.1) is 5.69 Å². The van der Waals surface area contributed by atoms with Gasteiger partial charge >= 0.3 is 0 Å². The molecule has 0 aliphatic rings. The van der Waals surface area contributed by atoms with E-state index < -0.39 is 0 Å². The van der Waals surface area contributed by atoms with Crippen LogP contribution in [0.5, 0.6) is 0 Å². The minimum atomic E-state index is 0.558. The largest absolute Gasteiger partial charge is 0.326 e. The Kier molecular flexibility index (Phi) is 3.54. The first-order valence-electron chi connectivity index (χ1n) is 6.31. The average Bonchev–Trinajstić information content (AvgIpc) is 2.97. The number of nitrogens with zero attached hydrogens (tertiary/aromatic N) is 3. The number of hydrogen-bond donors (Lipinski definition) is 1. The fourth-order valence-electron chi connectivity index (χ4n) is 1.91. The molecule has 3 aromatic rings. The lowest BCUT2D eigenvalue weighted by atomic mass is 10.1. The van der Waals surface area contributed by atoms with Crippen LogP contribution in [0.2, 0.25) is 0 Å². The van der Waals surface area contributed by atoms with Crippen molar-refractivity contribution in [1.82, 2.24) is 15.0 Å². The fraction of sp³-hybridized carbons (Fsp3) is 0.133. The summed E-state index contributed by atoms with van der Waals surface area (Å²) in [5.41, 5.74) is 9.65. The monoisotopic (exact) mass is 282 g/mol. The average molecular weight is 282 g/mol. The van der Waals surface area contributed by atoms with Crippen LogP contribution in [0.3, 0.4) is 0 Å². The maximum Gasteiger partial charge on any atom is 0.142 e. The van der Waals surface area contributed by atoms with E-state index in [1.165, 1.54) is 0 Å². The first kappa shape index (κ1) is 12.9. The molecule has 0 amide bonds. The lowest BCUT2D eigenvalue weighted by Gasteiger charge is -1.99. The van der Waals surface area contributed by atoms with Crippen molar-refractivity contribution in [1.29, 1.82) is 0 Å². The molecule has 0 spiro atoms. The van der Waals surface area contributed by atoms with Gasteiger partial charge in [0.25, 0.3) is 0 Å². The smallest absolute Gasteiger partial charge is 0.142 e. The number of benzene rings is 1. The highest BCUT2D eigenvalue weighted by molar-refractivity contribution is 7.13. The predicted octanol–water partition coefficient (Wildman–Crippen LogP) is 3.03. The summed E-state index contributed by atoms with van der Waals surface area (Å²) in [7, 11) is 0. The van der Waals surface area contributed by atoms with Gasteiger partial charge in [0.1, 0.15) is 16.5 Å². The molecule has 0 radical (unpaired) electrons. The Morgan fingerprint density at radius 1 is 1.05 bits per heavy atom. The van der Waals surface area contributed by atoms with Gasteiger partial charge in [-0.05, 0) is 18.6 Å². The van der Waals surface area contributed by atoms with Crippen molar-refractivity contribution < 1.29 is 0 Å². The Bertz CT molecular complexity index is 719. The van der Waals surface area contributed by atoms with Crippen molar-refractivity contribution >= 4 is 11.3 Å². The molecule has 0 aliphatic heterocycles. The first-order chi connectivity index (χ1) is 9.76. The van der Waals surface area contributed by atoms with Gasteiger partial charge in [-0.15, -0.1) is 11.3 Å². The number of aromatic nitrogens is 3. The number of aryl methyl sites for hydroxylation is 1. The number of rotatable bonds is 3. The van der Waals surface area contributed by atoms with Crippen LogP contribution in [0.15, 0.2) is 41.9 Å². The highest BCUT2D eigenvalue weighted by atomic mass is 32.1. The van der Waals surface area contributed by atoms with Crippen molar-refractivity contribution in [2.75, 3.05) is 0 Å². The van der Waals surface area contributed by atoms with E-state index in [1.54, 1.807) is 17.5 Å². The summed E-state index contributed by atoms with van der Waals surface area (Å²) in [6.07, 6.45) is 1.76. The highest BCUT2D eigenvalue weighted by Gasteiger charge is 2.08. The van der Waals surface area contributed by atoms with E-state index >= 15 is 0 Å². The quantitative estimate of drug-likeness (QED) is 0.802. The van der Waals surface area contributed by atoms with Gasteiger partial charge < -0.3 is 5.73 Å². The van der Waals surface area contributed by atoms with Gasteiger partial charge in [-0.3, -0.25) is 0 Å². The SMILES string of the molecule is Cc1nccc(-c2nc(-c3ccc(CN)cc3)cs2)n1. The molecule has 2 aromatic heterocycles. The number of hydrogen-bond acceptors (Lipinski definition) is 5. The summed E-state index contributed by atoms with van der Waals surface area (Å²) < 4.78 is 0. The van der Waals surface area contributed by atoms with Crippen molar-refractivity contribution in [3.63, 3.8) is 0 Å². The molecule has 0 fully saturated rings. The standard InChI is InChI=1S/C15H14N4S/c1-10-17-7-6-13(18-10)15-19-14(9-20-15)12-4-2-11(8-16)3-5-12/h2-7,9H,8,16H2,1H3. The minimum absolute atomic E-state index is 0.558. The second-order valence-corrected chi connectivity index (χ2v) is 5.29. The Morgan fingerprint density at radius 3 is 2.55 bits per heavy atom. The van der Waals surface area contributed by atoms with Crippen molar-refractivity contribution in [3.8, 4) is 22.0 Å². The lowest BCUT2D eigenvalue weighted by Crippen LogP contribution is -1.95. The number of nitrogens with two attached hydrogens (primary N) is 1. The Labute approximate surface area is 121 Å². The van der Waals surface area contributed by atoms with Crippen LogP contribution >= 0.6 is 11.3 Å². The molecule has 1 aromatic carbocycles. The van der Waals surface area contributed by atoms with Crippen LogP contribution < -0.4 is 5.73 Å². The van der Waals surface area contributed by atoms with Crippen LogP contribution in [0.25, 0.3) is 22.0 Å². The maximum absolute atomic E-state index is 5.61. The highest BCUT2D eigenvalue weighted by Crippen LogP contribution is 2.27. The molecule has 2 N–H and O–H groups in total. The van der Waals surface area contributed by atoms with Gasteiger partial charge in [0.2, 0.25) is 0 Å². The summed E-state index contributed by atoms with van der Waals surface area (Å²) in [4.78, 5) is 13.1. The van der Waals surface area contributed by atoms with E-state index in [1.807, 2.05) is 42.6 Å². The zero-order valence-corrected chi connectivity index (χ0v) is 11.9. The van der Waals surface area contributed by atoms with E-state index in [0.29, 0.717) is 6.54 Å². The Hall–Kier alpha value is -2.11. The molecule has 0 atom stereocenters. The zero-order valence-electron chi connectivity index (χ0n) is 11.1. The molecule has 5 heteroatoms. The van der Waals surface area contributed by atoms with E-state index in [4.69, 9.17) is 5.73 Å². The maximum atomic E-state index is 5.61. The molecule has 100 valence electrons. The number of thiazole rings is 1. The predicted molar refractivity (Wildman–Crippen MR) is 81.2 cm³/mol. The molecule has 0 aliphatic carbocycles. The van der Waals surface area contributed by atoms with E-state index in [0.717, 1.165) is 33.3 Å². The molecule has 20 heavy (non-hydrogen) atoms. The van der Waals surface area contributed by atoms with Gasteiger partial charge in [-0.25, -0.2) is 15.0 Å². The van der Waals surface area contributed by atoms with Crippen molar-refractivity contribution in [3.05, 3.63) is 53.3 Å². The fourth-order valence-corrected chi connectivity index (χ4v) is 2.71. The van der Waals surface area contributed by atoms with Gasteiger partial charge in [0, 0.05) is 23.7 Å². The van der Waals surface area contributed by atoms with Crippen LogP contribution in [-0.4, -0.2) is 15.0 Å². The van der Waals surface area contributed by atoms with Crippen molar-refractivity contribution in [2.45, 2.75) is 13.5 Å². The lowest BCUT2D eigenvalue weighted by molar-refractivity contribution is 1.06. The van der Waals surface area contributed by atoms with Crippen molar-refractivity contribution in [2.24, 2.45) is 5.73 Å². The molecule has 0 saturated heterocycles. The zero-order chi connectivity index (χ0) is 13.9. The van der Waals surface area contributed by atoms with Gasteiger partial charge in [-0.2, -0.15) is 0 Å². The summed E-state index contributed by atoms with van der Waals surface area (Å²) in [6.45, 7) is 2.44. The van der Waals surface area contributed by atoms with Crippen LogP contribution in [0.4, 0.5) is 0 Å². The van der Waals surface area contributed by atoms with E-state index in [-0.39, 0.29) is 0 Å². The third-order valence-electron chi connectivity index (χ3n) is 2.98. The van der Waals surface area contributed by atoms with Crippen LogP contribution in [-0.2, 0) is 6.54 Å². The summed E-state index contributed by atoms with van der Waals surface area (Å²) in [5, 5.41) is 2.96. The van der Waals surface area contributed by atoms with Gasteiger partial charge in [-0.1, -0.05) is 24.3 Å². The molecule has 0 unspecified atom stereocenters. The Morgan fingerprint density at radius 2 is 1.85 bits per heavy atom. The summed E-state index contributed by atoms with van der Waals surface area (Å²) >= 11 is 1.59. The third-order valence-corrected chi connectivity index (χ3v) is 3.85. The molecular weight excluding hydrogens is 268 g/mol. The second kappa shape index (κ2) is 5.48. The topological polar surface area (TPSA) is 64.7 Å². The van der Waals surface area contributed by atoms with Gasteiger partial charge in [0.15, 0.2) is 0 Å². The third kappa shape index (κ3) is 2.59. The summed E-state index contributed by atoms with van der Waals surface area (Å²) in [5.74, 6) is 0.756. The Balaban J connectivity index is 1.93. The summed E-state index contributed by atoms with van der Waals surface area (Å²) in [6, 6.07) is 10.0. The first-order valence-corrected chi connectivity index (χ1v) is 7.19. The van der Waals surface area contributed by atoms with Crippen LogP contribution in [0.1, 0.15) is 11.4 Å². The molecule has 0 bridgehead atoms. The van der Waals surface area contributed by atoms with E-state index in [9.17, 15) is 0 Å². The molecule has 0 saturated carbocycles. The molecule has 4 nitrogen and oxygen atoms in total.